The van der Waals surface area contributed by atoms with Crippen LogP contribution in [-0.2, 0) is 9.53 Å². The molecule has 1 aliphatic heterocycles. The number of ether oxygens (including phenoxy) is 1. The Kier molecular flexibility index (Phi) is 6.30. The van der Waals surface area contributed by atoms with Crippen molar-refractivity contribution in [2.45, 2.75) is 51.7 Å². The van der Waals surface area contributed by atoms with Gasteiger partial charge in [0.05, 0.1) is 11.6 Å². The number of rotatable bonds is 4. The molecule has 5 heteroatoms. The fourth-order valence-electron chi connectivity index (χ4n) is 3.87. The van der Waals surface area contributed by atoms with Crippen LogP contribution in [0.4, 0.5) is 0 Å². The van der Waals surface area contributed by atoms with Gasteiger partial charge in [0.25, 0.3) is 5.91 Å². The Morgan fingerprint density at radius 3 is 2.17 bits per heavy atom. The third-order valence-corrected chi connectivity index (χ3v) is 5.33. The molecule has 1 unspecified atom stereocenters. The summed E-state index contributed by atoms with van der Waals surface area (Å²) in [5, 5.41) is 0. The van der Waals surface area contributed by atoms with E-state index in [1.165, 1.54) is 0 Å². The van der Waals surface area contributed by atoms with E-state index in [2.05, 4.69) is 0 Å². The Hall–Kier alpha value is -3.08. The first kappa shape index (κ1) is 21.6. The van der Waals surface area contributed by atoms with Gasteiger partial charge in [-0.1, -0.05) is 55.5 Å². The van der Waals surface area contributed by atoms with Gasteiger partial charge in [0.15, 0.2) is 0 Å². The molecule has 2 atom stereocenters. The quantitative estimate of drug-likeness (QED) is 0.770. The van der Waals surface area contributed by atoms with E-state index >= 15 is 0 Å². The van der Waals surface area contributed by atoms with Crippen LogP contribution in [0.3, 0.4) is 0 Å². The zero-order valence-corrected chi connectivity index (χ0v) is 18.1. The number of esters is 1. The Morgan fingerprint density at radius 1 is 1.03 bits per heavy atom. The van der Waals surface area contributed by atoms with Gasteiger partial charge in [0.2, 0.25) is 0 Å². The topological polar surface area (TPSA) is 72.6 Å². The van der Waals surface area contributed by atoms with Crippen LogP contribution in [0.5, 0.6) is 0 Å². The van der Waals surface area contributed by atoms with Gasteiger partial charge >= 0.3 is 5.97 Å². The van der Waals surface area contributed by atoms with Crippen LogP contribution >= 0.6 is 0 Å². The number of carbonyl (C=O) groups is 2. The number of benzene rings is 2. The van der Waals surface area contributed by atoms with Crippen molar-refractivity contribution in [1.82, 2.24) is 4.90 Å². The maximum atomic E-state index is 13.3. The molecular weight excluding hydrogens is 376 g/mol. The fourth-order valence-corrected chi connectivity index (χ4v) is 3.87. The molecule has 2 aromatic rings. The predicted octanol–water partition coefficient (Wildman–Crippen LogP) is 4.26. The zero-order chi connectivity index (χ0) is 21.9. The Balaban J connectivity index is 2.02. The molecule has 158 valence electrons. The first-order valence-electron chi connectivity index (χ1n) is 10.3. The smallest absolute Gasteiger partial charge is 0.336 e. The minimum Gasteiger partial charge on any atom is -0.457 e. The van der Waals surface area contributed by atoms with Crippen molar-refractivity contribution in [1.29, 1.82) is 0 Å². The highest BCUT2D eigenvalue weighted by atomic mass is 16.6. The monoisotopic (exact) mass is 406 g/mol. The van der Waals surface area contributed by atoms with E-state index in [9.17, 15) is 9.59 Å². The van der Waals surface area contributed by atoms with Crippen molar-refractivity contribution in [3.8, 4) is 0 Å². The number of hydrogen-bond donors (Lipinski definition) is 1. The van der Waals surface area contributed by atoms with Crippen molar-refractivity contribution in [3.05, 3.63) is 83.1 Å². The van der Waals surface area contributed by atoms with Crippen molar-refractivity contribution >= 4 is 11.9 Å². The maximum Gasteiger partial charge on any atom is 0.336 e. The van der Waals surface area contributed by atoms with Crippen LogP contribution in [-0.4, -0.2) is 35.0 Å². The number of nitrogens with zero attached hydrogens (tertiary/aromatic N) is 1. The third-order valence-electron chi connectivity index (χ3n) is 5.33. The summed E-state index contributed by atoms with van der Waals surface area (Å²) in [4.78, 5) is 27.9. The molecule has 0 bridgehead atoms. The summed E-state index contributed by atoms with van der Waals surface area (Å²) in [7, 11) is 0. The van der Waals surface area contributed by atoms with Gasteiger partial charge in [0.1, 0.15) is 5.60 Å². The van der Waals surface area contributed by atoms with Crippen molar-refractivity contribution in [2.75, 3.05) is 6.54 Å². The summed E-state index contributed by atoms with van der Waals surface area (Å²) < 4.78 is 5.58. The molecule has 2 aromatic carbocycles. The minimum atomic E-state index is -0.609. The molecular formula is C25H30N2O3. The van der Waals surface area contributed by atoms with E-state index in [1.807, 2.05) is 76.2 Å². The molecule has 3 rings (SSSR count). The van der Waals surface area contributed by atoms with Crippen LogP contribution in [0, 0.1) is 0 Å². The van der Waals surface area contributed by atoms with Gasteiger partial charge in [-0.25, -0.2) is 4.79 Å². The van der Waals surface area contributed by atoms with Gasteiger partial charge < -0.3 is 15.4 Å². The summed E-state index contributed by atoms with van der Waals surface area (Å²) >= 11 is 0. The minimum absolute atomic E-state index is 0.0865. The first-order valence-corrected chi connectivity index (χ1v) is 10.3. The summed E-state index contributed by atoms with van der Waals surface area (Å²) in [5.41, 5.74) is 8.51. The fraction of sp³-hybridized carbons (Fsp3) is 0.360. The summed E-state index contributed by atoms with van der Waals surface area (Å²) in [6.45, 7) is 7.94. The van der Waals surface area contributed by atoms with Crippen molar-refractivity contribution < 1.29 is 14.3 Å². The first-order chi connectivity index (χ1) is 14.2. The maximum absolute atomic E-state index is 13.3. The summed E-state index contributed by atoms with van der Waals surface area (Å²) in [6, 6.07) is 18.7. The van der Waals surface area contributed by atoms with E-state index in [4.69, 9.17) is 10.5 Å². The van der Waals surface area contributed by atoms with Crippen LogP contribution < -0.4 is 5.73 Å². The molecule has 0 spiro atoms. The molecule has 0 aromatic heterocycles. The lowest BCUT2D eigenvalue weighted by molar-refractivity contribution is -0.150. The third kappa shape index (κ3) is 4.73. The Bertz CT molecular complexity index is 930. The largest absolute Gasteiger partial charge is 0.457 e. The van der Waals surface area contributed by atoms with Crippen LogP contribution in [0.2, 0.25) is 0 Å². The normalized spacial score (nSPS) is 18.1. The molecule has 30 heavy (non-hydrogen) atoms. The SMILES string of the molecule is CC(c1ccccc1)[C@@H]1C(N)=C(C(=O)OC(C)(C)C)CCN1C(=O)c1ccccc1. The molecule has 2 N–H and O–H groups in total. The molecule has 1 aliphatic rings. The van der Waals surface area contributed by atoms with E-state index in [-0.39, 0.29) is 11.8 Å². The highest BCUT2D eigenvalue weighted by molar-refractivity contribution is 5.96. The molecule has 0 fully saturated rings. The van der Waals surface area contributed by atoms with E-state index < -0.39 is 17.6 Å². The molecule has 0 saturated carbocycles. The van der Waals surface area contributed by atoms with Gasteiger partial charge in [0, 0.05) is 23.7 Å². The molecule has 1 amide bonds. The Morgan fingerprint density at radius 2 is 1.60 bits per heavy atom. The standard InChI is InChI=1S/C25H30N2O3/c1-17(18-11-7-5-8-12-18)22-21(26)20(24(29)30-25(2,3)4)15-16-27(22)23(28)19-13-9-6-10-14-19/h5-14,17,22H,15-16,26H2,1-4H3/t17?,22-/m1/s1. The van der Waals surface area contributed by atoms with Crippen molar-refractivity contribution in [3.63, 3.8) is 0 Å². The Labute approximate surface area is 178 Å². The van der Waals surface area contributed by atoms with Crippen LogP contribution in [0.1, 0.15) is 56.0 Å². The van der Waals surface area contributed by atoms with E-state index in [0.717, 1.165) is 5.56 Å². The zero-order valence-electron chi connectivity index (χ0n) is 18.1. The van der Waals surface area contributed by atoms with E-state index in [0.29, 0.717) is 29.8 Å². The molecule has 0 radical (unpaired) electrons. The number of amides is 1. The molecule has 1 heterocycles. The molecule has 0 aliphatic carbocycles. The number of hydrogen-bond acceptors (Lipinski definition) is 4. The lowest BCUT2D eigenvalue weighted by Gasteiger charge is -2.40. The lowest BCUT2D eigenvalue weighted by Crippen LogP contribution is -2.50. The highest BCUT2D eigenvalue weighted by Gasteiger charge is 2.38. The van der Waals surface area contributed by atoms with Gasteiger partial charge in [-0.05, 0) is 44.9 Å². The van der Waals surface area contributed by atoms with Gasteiger partial charge in [-0.2, -0.15) is 0 Å². The average molecular weight is 407 g/mol. The number of carbonyl (C=O) groups excluding carboxylic acids is 2. The van der Waals surface area contributed by atoms with Crippen molar-refractivity contribution in [2.24, 2.45) is 5.73 Å². The number of nitrogens with two attached hydrogens (primary N) is 1. The molecule has 0 saturated heterocycles. The molecule has 5 nitrogen and oxygen atoms in total. The summed E-state index contributed by atoms with van der Waals surface area (Å²) in [5.74, 6) is -0.580. The second-order valence-corrected chi connectivity index (χ2v) is 8.69. The second kappa shape index (κ2) is 8.74. The lowest BCUT2D eigenvalue weighted by atomic mass is 9.85. The average Bonchev–Trinajstić information content (AvgIpc) is 2.72. The van der Waals surface area contributed by atoms with Gasteiger partial charge in [-0.3, -0.25) is 4.79 Å². The summed E-state index contributed by atoms with van der Waals surface area (Å²) in [6.07, 6.45) is 0.372. The second-order valence-electron chi connectivity index (χ2n) is 8.69. The van der Waals surface area contributed by atoms with Crippen LogP contribution in [0.25, 0.3) is 0 Å². The van der Waals surface area contributed by atoms with Crippen LogP contribution in [0.15, 0.2) is 71.9 Å². The van der Waals surface area contributed by atoms with E-state index in [1.54, 1.807) is 17.0 Å². The van der Waals surface area contributed by atoms with Gasteiger partial charge in [-0.15, -0.1) is 0 Å². The predicted molar refractivity (Wildman–Crippen MR) is 118 cm³/mol. The highest BCUT2D eigenvalue weighted by Crippen LogP contribution is 2.34.